The SMILES string of the molecule is COC1(C(=O)N2CCCC(Cn3cncn3)C2)CS(=O)(=O)C1. The van der Waals surface area contributed by atoms with Crippen molar-refractivity contribution in [1.29, 1.82) is 0 Å². The number of likely N-dealkylation sites (tertiary alicyclic amines) is 1. The molecular weight excluding hydrogens is 308 g/mol. The van der Waals surface area contributed by atoms with Gasteiger partial charge in [0, 0.05) is 26.7 Å². The number of sulfone groups is 1. The summed E-state index contributed by atoms with van der Waals surface area (Å²) in [6.45, 7) is 1.96. The molecule has 0 radical (unpaired) electrons. The molecule has 1 atom stereocenters. The summed E-state index contributed by atoms with van der Waals surface area (Å²) in [5, 5.41) is 4.09. The van der Waals surface area contributed by atoms with Crippen LogP contribution < -0.4 is 0 Å². The minimum absolute atomic E-state index is 0.201. The number of hydrogen-bond acceptors (Lipinski definition) is 6. The molecule has 0 saturated carbocycles. The first-order valence-corrected chi connectivity index (χ1v) is 9.14. The Labute approximate surface area is 129 Å². The average molecular weight is 328 g/mol. The van der Waals surface area contributed by atoms with Crippen LogP contribution in [-0.4, -0.2) is 71.3 Å². The molecule has 0 aliphatic carbocycles. The van der Waals surface area contributed by atoms with Crippen molar-refractivity contribution >= 4 is 15.7 Å². The predicted octanol–water partition coefficient (Wildman–Crippen LogP) is -0.670. The predicted molar refractivity (Wildman–Crippen MR) is 77.7 cm³/mol. The maximum atomic E-state index is 12.7. The highest BCUT2D eigenvalue weighted by molar-refractivity contribution is 7.93. The van der Waals surface area contributed by atoms with Crippen LogP contribution in [0.4, 0.5) is 0 Å². The number of hydrogen-bond donors (Lipinski definition) is 0. The van der Waals surface area contributed by atoms with Crippen LogP contribution in [0.15, 0.2) is 12.7 Å². The number of nitrogens with zero attached hydrogens (tertiary/aromatic N) is 4. The summed E-state index contributed by atoms with van der Waals surface area (Å²) < 4.78 is 29.9. The number of carbonyl (C=O) groups excluding carboxylic acids is 1. The molecule has 0 bridgehead atoms. The van der Waals surface area contributed by atoms with E-state index in [0.29, 0.717) is 25.6 Å². The summed E-state index contributed by atoms with van der Waals surface area (Å²) in [6.07, 6.45) is 5.07. The van der Waals surface area contributed by atoms with Gasteiger partial charge in [-0.2, -0.15) is 5.10 Å². The lowest BCUT2D eigenvalue weighted by atomic mass is 9.96. The maximum absolute atomic E-state index is 12.7. The molecule has 0 aromatic carbocycles. The highest BCUT2D eigenvalue weighted by atomic mass is 32.2. The van der Waals surface area contributed by atoms with Crippen LogP contribution in [0, 0.1) is 5.92 Å². The third-order valence-corrected chi connectivity index (χ3v) is 6.22. The zero-order valence-electron chi connectivity index (χ0n) is 12.5. The summed E-state index contributed by atoms with van der Waals surface area (Å²) >= 11 is 0. The Balaban J connectivity index is 1.65. The molecule has 2 saturated heterocycles. The first kappa shape index (κ1) is 15.4. The molecule has 3 rings (SSSR count). The standard InChI is InChI=1S/C13H20N4O4S/c1-21-13(7-22(19,20)8-13)12(18)16-4-2-3-11(5-16)6-17-10-14-9-15-17/h9-11H,2-8H2,1H3. The van der Waals surface area contributed by atoms with E-state index in [2.05, 4.69) is 10.1 Å². The normalized spacial score (nSPS) is 26.4. The van der Waals surface area contributed by atoms with Crippen LogP contribution in [-0.2, 0) is 25.9 Å². The highest BCUT2D eigenvalue weighted by Crippen LogP contribution is 2.31. The first-order valence-electron chi connectivity index (χ1n) is 7.31. The molecular formula is C13H20N4O4S. The van der Waals surface area contributed by atoms with Gasteiger partial charge >= 0.3 is 0 Å². The van der Waals surface area contributed by atoms with E-state index in [0.717, 1.165) is 12.8 Å². The molecule has 2 fully saturated rings. The second kappa shape index (κ2) is 5.62. The number of amides is 1. The van der Waals surface area contributed by atoms with E-state index in [-0.39, 0.29) is 17.4 Å². The third kappa shape index (κ3) is 2.87. The van der Waals surface area contributed by atoms with Crippen molar-refractivity contribution in [3.05, 3.63) is 12.7 Å². The number of rotatable bonds is 4. The van der Waals surface area contributed by atoms with Crippen LogP contribution in [0.3, 0.4) is 0 Å². The topological polar surface area (TPSA) is 94.4 Å². The Morgan fingerprint density at radius 2 is 2.23 bits per heavy atom. The van der Waals surface area contributed by atoms with Crippen molar-refractivity contribution in [3.8, 4) is 0 Å². The maximum Gasteiger partial charge on any atom is 0.256 e. The number of methoxy groups -OCH3 is 1. The van der Waals surface area contributed by atoms with Crippen LogP contribution in [0.1, 0.15) is 12.8 Å². The van der Waals surface area contributed by atoms with Crippen LogP contribution in [0.25, 0.3) is 0 Å². The molecule has 8 nitrogen and oxygen atoms in total. The van der Waals surface area contributed by atoms with Gasteiger partial charge < -0.3 is 9.64 Å². The fraction of sp³-hybridized carbons (Fsp3) is 0.769. The Bertz CT molecular complexity index is 631. The fourth-order valence-corrected chi connectivity index (χ4v) is 5.09. The van der Waals surface area contributed by atoms with Crippen molar-refractivity contribution < 1.29 is 17.9 Å². The minimum Gasteiger partial charge on any atom is -0.366 e. The fourth-order valence-electron chi connectivity index (χ4n) is 3.28. The molecule has 3 heterocycles. The van der Waals surface area contributed by atoms with Gasteiger partial charge in [-0.05, 0) is 18.8 Å². The molecule has 1 unspecified atom stereocenters. The zero-order chi connectivity index (χ0) is 15.8. The third-order valence-electron chi connectivity index (χ3n) is 4.40. The molecule has 1 aromatic heterocycles. The number of aromatic nitrogens is 3. The lowest BCUT2D eigenvalue weighted by molar-refractivity contribution is -0.153. The van der Waals surface area contributed by atoms with Crippen molar-refractivity contribution in [3.63, 3.8) is 0 Å². The summed E-state index contributed by atoms with van der Waals surface area (Å²) in [6, 6.07) is 0. The summed E-state index contributed by atoms with van der Waals surface area (Å²) in [5.41, 5.74) is -1.17. The van der Waals surface area contributed by atoms with E-state index in [9.17, 15) is 13.2 Å². The molecule has 22 heavy (non-hydrogen) atoms. The van der Waals surface area contributed by atoms with E-state index in [1.54, 1.807) is 15.9 Å². The summed E-state index contributed by atoms with van der Waals surface area (Å²) in [5.74, 6) is -0.322. The monoisotopic (exact) mass is 328 g/mol. The van der Waals surface area contributed by atoms with Gasteiger partial charge in [-0.25, -0.2) is 13.4 Å². The smallest absolute Gasteiger partial charge is 0.256 e. The van der Waals surface area contributed by atoms with E-state index in [1.807, 2.05) is 0 Å². The zero-order valence-corrected chi connectivity index (χ0v) is 13.3. The van der Waals surface area contributed by atoms with Crippen molar-refractivity contribution in [2.75, 3.05) is 31.7 Å². The second-order valence-corrected chi connectivity index (χ2v) is 8.17. The second-order valence-electron chi connectivity index (χ2n) is 6.11. The average Bonchev–Trinajstić information content (AvgIpc) is 2.96. The van der Waals surface area contributed by atoms with E-state index in [1.165, 1.54) is 13.4 Å². The Kier molecular flexibility index (Phi) is 3.94. The van der Waals surface area contributed by atoms with Crippen LogP contribution >= 0.6 is 0 Å². The van der Waals surface area contributed by atoms with Crippen molar-refractivity contribution in [2.45, 2.75) is 25.0 Å². The molecule has 1 aromatic rings. The quantitative estimate of drug-likeness (QED) is 0.727. The minimum atomic E-state index is -3.13. The van der Waals surface area contributed by atoms with Crippen molar-refractivity contribution in [2.24, 2.45) is 5.92 Å². The van der Waals surface area contributed by atoms with Gasteiger partial charge in [0.15, 0.2) is 15.4 Å². The van der Waals surface area contributed by atoms with Gasteiger partial charge in [-0.15, -0.1) is 0 Å². The Morgan fingerprint density at radius 3 is 2.82 bits per heavy atom. The molecule has 2 aliphatic heterocycles. The van der Waals surface area contributed by atoms with Gasteiger partial charge in [-0.1, -0.05) is 0 Å². The number of ether oxygens (including phenoxy) is 1. The number of piperidine rings is 1. The number of carbonyl (C=O) groups is 1. The molecule has 9 heteroatoms. The van der Waals surface area contributed by atoms with Gasteiger partial charge in [-0.3, -0.25) is 9.48 Å². The molecule has 2 aliphatic rings. The van der Waals surface area contributed by atoms with Crippen LogP contribution in [0.2, 0.25) is 0 Å². The molecule has 122 valence electrons. The van der Waals surface area contributed by atoms with E-state index in [4.69, 9.17) is 4.74 Å². The molecule has 1 amide bonds. The van der Waals surface area contributed by atoms with E-state index >= 15 is 0 Å². The van der Waals surface area contributed by atoms with Gasteiger partial charge in [0.1, 0.15) is 12.7 Å². The highest BCUT2D eigenvalue weighted by Gasteiger charge is 2.56. The van der Waals surface area contributed by atoms with E-state index < -0.39 is 15.4 Å². The van der Waals surface area contributed by atoms with Crippen LogP contribution in [0.5, 0.6) is 0 Å². The summed E-state index contributed by atoms with van der Waals surface area (Å²) in [7, 11) is -1.73. The van der Waals surface area contributed by atoms with Gasteiger partial charge in [0.05, 0.1) is 11.5 Å². The lowest BCUT2D eigenvalue weighted by Gasteiger charge is -2.43. The molecule has 0 N–H and O–H groups in total. The van der Waals surface area contributed by atoms with Gasteiger partial charge in [0.2, 0.25) is 0 Å². The lowest BCUT2D eigenvalue weighted by Crippen LogP contribution is -2.66. The summed E-state index contributed by atoms with van der Waals surface area (Å²) in [4.78, 5) is 18.3. The first-order chi connectivity index (χ1) is 10.4. The Hall–Kier alpha value is -1.48. The van der Waals surface area contributed by atoms with Crippen molar-refractivity contribution in [1.82, 2.24) is 19.7 Å². The molecule has 0 spiro atoms. The van der Waals surface area contributed by atoms with Gasteiger partial charge in [0.25, 0.3) is 5.91 Å². The largest absolute Gasteiger partial charge is 0.366 e. The Morgan fingerprint density at radius 1 is 1.45 bits per heavy atom.